The lowest BCUT2D eigenvalue weighted by atomic mass is 10.1. The van der Waals surface area contributed by atoms with Crippen LogP contribution in [0.15, 0.2) is 0 Å². The van der Waals surface area contributed by atoms with Gasteiger partial charge in [-0.15, -0.1) is 0 Å². The molecule has 0 rings (SSSR count). The van der Waals surface area contributed by atoms with Crippen LogP contribution in [0.5, 0.6) is 0 Å². The van der Waals surface area contributed by atoms with E-state index in [0.29, 0.717) is 13.0 Å². The maximum atomic E-state index is 11.5. The number of unbranched alkanes of at least 4 members (excludes halogenated alkanes) is 17. The summed E-state index contributed by atoms with van der Waals surface area (Å²) in [6, 6.07) is 0. The summed E-state index contributed by atoms with van der Waals surface area (Å²) in [7, 11) is 1.55. The van der Waals surface area contributed by atoms with Crippen LogP contribution < -0.4 is 5.73 Å². The minimum Gasteiger partial charge on any atom is -0.480 e. The molecule has 40 heavy (non-hydrogen) atoms. The molecule has 0 spiro atoms. The highest BCUT2D eigenvalue weighted by Crippen LogP contribution is 2.12. The average molecular weight is 572 g/mol. The van der Waals surface area contributed by atoms with Crippen molar-refractivity contribution >= 4 is 17.8 Å². The summed E-state index contributed by atoms with van der Waals surface area (Å²) in [5.41, 5.74) is 5.49. The van der Waals surface area contributed by atoms with Crippen LogP contribution in [-0.4, -0.2) is 77.6 Å². The molecular formula is C32H65N3O5. The number of likely N-dealkylation sites (N-methyl/N-ethyl adjacent to an activating group) is 1. The number of amides is 1. The van der Waals surface area contributed by atoms with Gasteiger partial charge >= 0.3 is 11.9 Å². The topological polar surface area (TPSA) is 124 Å². The number of rotatable bonds is 28. The van der Waals surface area contributed by atoms with Crippen molar-refractivity contribution in [1.82, 2.24) is 9.80 Å². The van der Waals surface area contributed by atoms with Gasteiger partial charge in [-0.1, -0.05) is 123 Å². The second-order valence-electron chi connectivity index (χ2n) is 11.2. The third-order valence-electron chi connectivity index (χ3n) is 7.16. The van der Waals surface area contributed by atoms with E-state index in [1.807, 2.05) is 4.90 Å². The number of carbonyl (C=O) groups is 3. The Hall–Kier alpha value is -1.67. The van der Waals surface area contributed by atoms with Crippen molar-refractivity contribution in [2.45, 2.75) is 149 Å². The van der Waals surface area contributed by atoms with Gasteiger partial charge in [-0.25, -0.2) is 0 Å². The molecule has 0 aromatic rings. The third-order valence-corrected chi connectivity index (χ3v) is 7.16. The summed E-state index contributed by atoms with van der Waals surface area (Å²) in [5.74, 6) is -1.76. The summed E-state index contributed by atoms with van der Waals surface area (Å²) in [4.78, 5) is 36.1. The van der Waals surface area contributed by atoms with Crippen molar-refractivity contribution < 1.29 is 24.6 Å². The largest absolute Gasteiger partial charge is 0.480 e. The number of carboxylic acid groups (broad SMARTS) is 2. The quantitative estimate of drug-likeness (QED) is 0.0856. The molecule has 0 saturated heterocycles. The van der Waals surface area contributed by atoms with E-state index in [2.05, 4.69) is 13.8 Å². The summed E-state index contributed by atoms with van der Waals surface area (Å²) in [6.07, 6.45) is 25.5. The van der Waals surface area contributed by atoms with Gasteiger partial charge in [0.1, 0.15) is 6.54 Å². The molecule has 0 heterocycles. The zero-order valence-corrected chi connectivity index (χ0v) is 26.5. The molecule has 0 fully saturated rings. The van der Waals surface area contributed by atoms with Gasteiger partial charge in [0, 0.05) is 13.5 Å². The van der Waals surface area contributed by atoms with E-state index in [1.165, 1.54) is 108 Å². The number of hydrogen-bond acceptors (Lipinski definition) is 5. The highest BCUT2D eigenvalue weighted by atomic mass is 16.4. The summed E-state index contributed by atoms with van der Waals surface area (Å²) < 4.78 is 0. The summed E-state index contributed by atoms with van der Waals surface area (Å²) >= 11 is 0. The first-order chi connectivity index (χ1) is 19.3. The van der Waals surface area contributed by atoms with Crippen molar-refractivity contribution in [1.29, 1.82) is 0 Å². The van der Waals surface area contributed by atoms with Crippen LogP contribution in [0.1, 0.15) is 149 Å². The van der Waals surface area contributed by atoms with Crippen molar-refractivity contribution in [3.8, 4) is 0 Å². The Balaban J connectivity index is 0. The van der Waals surface area contributed by atoms with Gasteiger partial charge in [0.05, 0.1) is 6.54 Å². The first-order valence-corrected chi connectivity index (χ1v) is 16.4. The number of aliphatic carboxylic acids is 2. The molecule has 0 aliphatic rings. The second kappa shape index (κ2) is 31.9. The molecule has 0 aliphatic carbocycles. The smallest absolute Gasteiger partial charge is 0.323 e. The van der Waals surface area contributed by atoms with Crippen molar-refractivity contribution in [3.05, 3.63) is 0 Å². The lowest BCUT2D eigenvalue weighted by Gasteiger charge is -2.19. The molecule has 0 aromatic carbocycles. The van der Waals surface area contributed by atoms with Gasteiger partial charge in [-0.3, -0.25) is 19.3 Å². The van der Waals surface area contributed by atoms with Crippen LogP contribution >= 0.6 is 0 Å². The predicted molar refractivity (Wildman–Crippen MR) is 167 cm³/mol. The average Bonchev–Trinajstić information content (AvgIpc) is 2.91. The number of hydrogen-bond donors (Lipinski definition) is 3. The molecule has 0 saturated carbocycles. The maximum absolute atomic E-state index is 11.5. The number of nitrogens with zero attached hydrogens (tertiary/aromatic N) is 2. The minimum atomic E-state index is -0.956. The maximum Gasteiger partial charge on any atom is 0.323 e. The van der Waals surface area contributed by atoms with E-state index in [1.54, 1.807) is 7.05 Å². The van der Waals surface area contributed by atoms with Crippen LogP contribution in [-0.2, 0) is 14.4 Å². The normalized spacial score (nSPS) is 10.8. The van der Waals surface area contributed by atoms with Crippen molar-refractivity contribution in [2.75, 3.05) is 39.8 Å². The standard InChI is InChI=1S/C17H36N2O2.C15H29NO3/c1-2-3-4-5-6-7-8-9-10-11-14-19(15-12-13-18)16-17(20)21;1-3-4-5-6-7-8-9-10-11-12-14(17)16(2)13-15(18)19/h2-16,18H2,1H3,(H,20,21);3-13H2,1-2H3,(H,18,19). The molecule has 8 heteroatoms. The highest BCUT2D eigenvalue weighted by Gasteiger charge is 2.11. The van der Waals surface area contributed by atoms with Crippen LogP contribution in [0.25, 0.3) is 0 Å². The van der Waals surface area contributed by atoms with Gasteiger partial charge in [0.15, 0.2) is 0 Å². The van der Waals surface area contributed by atoms with E-state index in [9.17, 15) is 14.4 Å². The Morgan fingerprint density at radius 3 is 1.32 bits per heavy atom. The van der Waals surface area contributed by atoms with Crippen molar-refractivity contribution in [3.63, 3.8) is 0 Å². The molecule has 0 aliphatic heterocycles. The minimum absolute atomic E-state index is 0.0645. The van der Waals surface area contributed by atoms with Crippen LogP contribution in [0.4, 0.5) is 0 Å². The van der Waals surface area contributed by atoms with E-state index in [-0.39, 0.29) is 19.0 Å². The Morgan fingerprint density at radius 2 is 0.925 bits per heavy atom. The molecule has 0 radical (unpaired) electrons. The predicted octanol–water partition coefficient (Wildman–Crippen LogP) is 7.09. The monoisotopic (exact) mass is 571 g/mol. The first-order valence-electron chi connectivity index (χ1n) is 16.4. The fraction of sp³-hybridized carbons (Fsp3) is 0.906. The van der Waals surface area contributed by atoms with Crippen LogP contribution in [0.2, 0.25) is 0 Å². The molecule has 238 valence electrons. The lowest BCUT2D eigenvalue weighted by Crippen LogP contribution is -2.32. The molecular weight excluding hydrogens is 506 g/mol. The Morgan fingerprint density at radius 1 is 0.550 bits per heavy atom. The summed E-state index contributed by atoms with van der Waals surface area (Å²) in [6.45, 7) is 6.75. The molecule has 0 unspecified atom stereocenters. The van der Waals surface area contributed by atoms with E-state index >= 15 is 0 Å². The zero-order chi connectivity index (χ0) is 30.3. The van der Waals surface area contributed by atoms with Crippen LogP contribution in [0, 0.1) is 0 Å². The lowest BCUT2D eigenvalue weighted by molar-refractivity contribution is -0.143. The van der Waals surface area contributed by atoms with E-state index in [4.69, 9.17) is 15.9 Å². The fourth-order valence-electron chi connectivity index (χ4n) is 4.67. The van der Waals surface area contributed by atoms with E-state index < -0.39 is 11.9 Å². The molecule has 1 amide bonds. The van der Waals surface area contributed by atoms with Gasteiger partial charge in [0.2, 0.25) is 5.91 Å². The van der Waals surface area contributed by atoms with Crippen LogP contribution in [0.3, 0.4) is 0 Å². The van der Waals surface area contributed by atoms with Gasteiger partial charge < -0.3 is 20.8 Å². The Labute approximate surface area is 246 Å². The first kappa shape index (κ1) is 40.5. The molecule has 4 N–H and O–H groups in total. The van der Waals surface area contributed by atoms with Gasteiger partial charge in [0.25, 0.3) is 0 Å². The molecule has 0 aromatic heterocycles. The molecule has 0 atom stereocenters. The van der Waals surface area contributed by atoms with E-state index in [0.717, 1.165) is 38.8 Å². The van der Waals surface area contributed by atoms with Gasteiger partial charge in [-0.2, -0.15) is 0 Å². The Kier molecular flexibility index (Phi) is 32.2. The fourth-order valence-corrected chi connectivity index (χ4v) is 4.67. The Bertz CT molecular complexity index is 589. The summed E-state index contributed by atoms with van der Waals surface area (Å²) in [5, 5.41) is 17.4. The number of carboxylic acids is 2. The highest BCUT2D eigenvalue weighted by molar-refractivity contribution is 5.80. The number of nitrogens with two attached hydrogens (primary N) is 1. The third kappa shape index (κ3) is 32.5. The van der Waals surface area contributed by atoms with Crippen molar-refractivity contribution in [2.24, 2.45) is 5.73 Å². The van der Waals surface area contributed by atoms with Gasteiger partial charge in [-0.05, 0) is 38.9 Å². The molecule has 0 bridgehead atoms. The SMILES string of the molecule is CCCCCCCCCCCC(=O)N(C)CC(=O)O.CCCCCCCCCCCCN(CCCN)CC(=O)O. The second-order valence-corrected chi connectivity index (χ2v) is 11.2. The molecule has 8 nitrogen and oxygen atoms in total. The zero-order valence-electron chi connectivity index (χ0n) is 26.5. The number of carbonyl (C=O) groups excluding carboxylic acids is 1.